The van der Waals surface area contributed by atoms with Gasteiger partial charge < -0.3 is 30.1 Å². The molecular formula is C37H41N3O7. The number of alkyl carbamates (subject to hydrolysis) is 1. The third-order valence-electron chi connectivity index (χ3n) is 8.47. The van der Waals surface area contributed by atoms with Crippen LogP contribution in [0, 0.1) is 5.92 Å². The van der Waals surface area contributed by atoms with Crippen molar-refractivity contribution in [3.05, 3.63) is 108 Å². The van der Waals surface area contributed by atoms with Crippen LogP contribution in [0.4, 0.5) is 4.79 Å². The Labute approximate surface area is 274 Å². The maximum atomic E-state index is 13.3. The number of amides is 3. The molecule has 0 spiro atoms. The number of esters is 1. The van der Waals surface area contributed by atoms with Gasteiger partial charge in [-0.25, -0.2) is 9.59 Å². The zero-order valence-corrected chi connectivity index (χ0v) is 26.5. The van der Waals surface area contributed by atoms with Crippen molar-refractivity contribution in [2.24, 2.45) is 5.92 Å². The molecule has 0 saturated heterocycles. The van der Waals surface area contributed by atoms with Crippen LogP contribution >= 0.6 is 0 Å². The number of aliphatic hydroxyl groups excluding tert-OH is 1. The van der Waals surface area contributed by atoms with E-state index in [2.05, 4.69) is 22.8 Å². The number of hydrogen-bond acceptors (Lipinski definition) is 7. The fourth-order valence-corrected chi connectivity index (χ4v) is 6.04. The number of cyclic esters (lactones) is 1. The van der Waals surface area contributed by atoms with Gasteiger partial charge in [-0.1, -0.05) is 91.0 Å². The normalized spacial score (nSPS) is 20.3. The second kappa shape index (κ2) is 16.0. The Morgan fingerprint density at radius 3 is 2.26 bits per heavy atom. The molecule has 47 heavy (non-hydrogen) atoms. The lowest BCUT2D eigenvalue weighted by Gasteiger charge is -2.25. The van der Waals surface area contributed by atoms with E-state index in [9.17, 15) is 24.3 Å². The van der Waals surface area contributed by atoms with Gasteiger partial charge in [0, 0.05) is 25.4 Å². The number of hydrogen-bond donors (Lipinski definition) is 3. The van der Waals surface area contributed by atoms with Gasteiger partial charge in [0.1, 0.15) is 19.3 Å². The molecule has 10 nitrogen and oxygen atoms in total. The summed E-state index contributed by atoms with van der Waals surface area (Å²) in [6.45, 7) is 1.96. The van der Waals surface area contributed by atoms with E-state index in [4.69, 9.17) is 9.47 Å². The number of nitrogens with one attached hydrogen (secondary N) is 2. The zero-order valence-electron chi connectivity index (χ0n) is 26.5. The molecule has 1 aliphatic heterocycles. The molecule has 0 radical (unpaired) electrons. The number of aliphatic hydroxyl groups is 1. The van der Waals surface area contributed by atoms with Gasteiger partial charge in [0.25, 0.3) is 0 Å². The first kappa shape index (κ1) is 33.4. The number of carbonyl (C=O) groups is 4. The highest BCUT2D eigenvalue weighted by atomic mass is 16.6. The Morgan fingerprint density at radius 1 is 0.936 bits per heavy atom. The van der Waals surface area contributed by atoms with Crippen LogP contribution in [-0.4, -0.2) is 72.3 Å². The van der Waals surface area contributed by atoms with Crippen molar-refractivity contribution in [2.75, 3.05) is 26.4 Å². The molecule has 1 heterocycles. The first-order valence-corrected chi connectivity index (χ1v) is 16.0. The SMILES string of the molecule is C[C@@H]1COC(=O)[C@@H](NC(=O)OCC2c3ccccc3-c3ccccc32)C/C=C\C[C@@H](CC(=O)N(CCO)Cc2ccccc2)C(=O)N1. The van der Waals surface area contributed by atoms with Crippen molar-refractivity contribution in [2.45, 2.75) is 50.7 Å². The van der Waals surface area contributed by atoms with Crippen LogP contribution in [0.1, 0.15) is 48.8 Å². The average molecular weight is 640 g/mol. The van der Waals surface area contributed by atoms with Gasteiger partial charge in [0.05, 0.1) is 18.6 Å². The summed E-state index contributed by atoms with van der Waals surface area (Å²) in [7, 11) is 0. The lowest BCUT2D eigenvalue weighted by molar-refractivity contribution is -0.147. The first-order valence-electron chi connectivity index (χ1n) is 16.0. The highest BCUT2D eigenvalue weighted by Crippen LogP contribution is 2.44. The fraction of sp³-hybridized carbons (Fsp3) is 0.351. The summed E-state index contributed by atoms with van der Waals surface area (Å²) in [6, 6.07) is 24.0. The van der Waals surface area contributed by atoms with Gasteiger partial charge in [-0.2, -0.15) is 0 Å². The molecule has 0 aromatic heterocycles. The average Bonchev–Trinajstić information content (AvgIpc) is 3.40. The predicted molar refractivity (Wildman–Crippen MR) is 176 cm³/mol. The predicted octanol–water partition coefficient (Wildman–Crippen LogP) is 4.32. The molecule has 3 amide bonds. The summed E-state index contributed by atoms with van der Waals surface area (Å²) < 4.78 is 11.1. The minimum atomic E-state index is -1.00. The van der Waals surface area contributed by atoms with Crippen molar-refractivity contribution in [1.82, 2.24) is 15.5 Å². The molecule has 0 saturated carbocycles. The van der Waals surface area contributed by atoms with Crippen molar-refractivity contribution in [3.63, 3.8) is 0 Å². The van der Waals surface area contributed by atoms with Gasteiger partial charge in [0.15, 0.2) is 0 Å². The van der Waals surface area contributed by atoms with E-state index < -0.39 is 30.1 Å². The highest BCUT2D eigenvalue weighted by molar-refractivity contribution is 5.86. The molecule has 3 aromatic rings. The first-order chi connectivity index (χ1) is 22.8. The fourth-order valence-electron chi connectivity index (χ4n) is 6.04. The van der Waals surface area contributed by atoms with Gasteiger partial charge >= 0.3 is 12.1 Å². The largest absolute Gasteiger partial charge is 0.462 e. The summed E-state index contributed by atoms with van der Waals surface area (Å²) in [5.41, 5.74) is 5.31. The lowest BCUT2D eigenvalue weighted by atomic mass is 9.97. The van der Waals surface area contributed by atoms with E-state index in [1.54, 1.807) is 24.0 Å². The molecule has 3 N–H and O–H groups in total. The van der Waals surface area contributed by atoms with E-state index in [0.29, 0.717) is 6.54 Å². The third kappa shape index (κ3) is 8.65. The molecule has 10 heteroatoms. The second-order valence-corrected chi connectivity index (χ2v) is 11.9. The number of fused-ring (bicyclic) bond motifs is 3. The van der Waals surface area contributed by atoms with E-state index >= 15 is 0 Å². The minimum absolute atomic E-state index is 0.0586. The van der Waals surface area contributed by atoms with Gasteiger partial charge in [0.2, 0.25) is 11.8 Å². The Bertz CT molecular complexity index is 1550. The third-order valence-corrected chi connectivity index (χ3v) is 8.47. The summed E-state index contributed by atoms with van der Waals surface area (Å²) in [6.07, 6.45) is 3.00. The number of rotatable bonds is 9. The van der Waals surface area contributed by atoms with Crippen molar-refractivity contribution >= 4 is 23.9 Å². The molecular weight excluding hydrogens is 598 g/mol. The molecule has 1 aliphatic carbocycles. The standard InChI is InChI=1S/C37H41N3O7/c1-25-23-46-36(44)33(39-37(45)47-24-32-30-16-8-6-14-28(30)29-15-7-9-17-31(29)32)18-10-5-13-27(35(43)38-25)21-34(42)40(19-20-41)22-26-11-3-2-4-12-26/h2-12,14-17,25,27,32-33,41H,13,18-24H2,1H3,(H,38,43)(H,39,45)/b10-5-/t25-,27+,33+/m1/s1. The Balaban J connectivity index is 1.21. The van der Waals surface area contributed by atoms with E-state index in [1.165, 1.54) is 0 Å². The second-order valence-electron chi connectivity index (χ2n) is 11.9. The van der Waals surface area contributed by atoms with E-state index in [0.717, 1.165) is 27.8 Å². The number of nitrogens with zero attached hydrogens (tertiary/aromatic N) is 1. The Kier molecular flexibility index (Phi) is 11.4. The number of allylic oxidation sites excluding steroid dienone is 1. The van der Waals surface area contributed by atoms with Gasteiger partial charge in [-0.3, -0.25) is 9.59 Å². The lowest BCUT2D eigenvalue weighted by Crippen LogP contribution is -2.45. The van der Waals surface area contributed by atoms with Crippen LogP contribution in [0.2, 0.25) is 0 Å². The smallest absolute Gasteiger partial charge is 0.407 e. The number of carbonyl (C=O) groups excluding carboxylic acids is 4. The molecule has 3 atom stereocenters. The van der Waals surface area contributed by atoms with Crippen molar-refractivity contribution < 1.29 is 33.8 Å². The molecule has 5 rings (SSSR count). The van der Waals surface area contributed by atoms with Gasteiger partial charge in [-0.05, 0) is 47.6 Å². The van der Waals surface area contributed by atoms with Crippen LogP contribution in [0.3, 0.4) is 0 Å². The molecule has 0 fully saturated rings. The minimum Gasteiger partial charge on any atom is -0.462 e. The highest BCUT2D eigenvalue weighted by Gasteiger charge is 2.31. The molecule has 246 valence electrons. The van der Waals surface area contributed by atoms with Crippen LogP contribution in [-0.2, 0) is 30.4 Å². The van der Waals surface area contributed by atoms with Crippen LogP contribution in [0.25, 0.3) is 11.1 Å². The van der Waals surface area contributed by atoms with E-state index in [-0.39, 0.29) is 63.4 Å². The van der Waals surface area contributed by atoms with Crippen molar-refractivity contribution in [3.8, 4) is 11.1 Å². The van der Waals surface area contributed by atoms with Crippen LogP contribution in [0.15, 0.2) is 91.0 Å². The van der Waals surface area contributed by atoms with Gasteiger partial charge in [-0.15, -0.1) is 0 Å². The number of ether oxygens (including phenoxy) is 2. The van der Waals surface area contributed by atoms with Crippen LogP contribution < -0.4 is 10.6 Å². The maximum Gasteiger partial charge on any atom is 0.407 e. The number of benzene rings is 3. The summed E-state index contributed by atoms with van der Waals surface area (Å²) in [5.74, 6) is -2.03. The zero-order chi connectivity index (χ0) is 33.2. The Morgan fingerprint density at radius 2 is 1.57 bits per heavy atom. The van der Waals surface area contributed by atoms with E-state index in [1.807, 2.05) is 66.7 Å². The molecule has 0 unspecified atom stereocenters. The van der Waals surface area contributed by atoms with Crippen molar-refractivity contribution in [1.29, 1.82) is 0 Å². The maximum absolute atomic E-state index is 13.3. The topological polar surface area (TPSA) is 134 Å². The summed E-state index contributed by atoms with van der Waals surface area (Å²) in [5, 5.41) is 15.1. The van der Waals surface area contributed by atoms with Crippen LogP contribution in [0.5, 0.6) is 0 Å². The molecule has 2 aliphatic rings. The monoisotopic (exact) mass is 639 g/mol. The quantitative estimate of drug-likeness (QED) is 0.235. The molecule has 0 bridgehead atoms. The molecule has 3 aromatic carbocycles. The summed E-state index contributed by atoms with van der Waals surface area (Å²) in [4.78, 5) is 53.9. The summed E-state index contributed by atoms with van der Waals surface area (Å²) >= 11 is 0. The Hall–Kier alpha value is -4.96.